The highest BCUT2D eigenvalue weighted by molar-refractivity contribution is 5.48. The molecule has 0 spiro atoms. The minimum absolute atomic E-state index is 0.401. The zero-order valence-corrected chi connectivity index (χ0v) is 9.94. The molecule has 0 amide bonds. The molecule has 1 aromatic heterocycles. The molecule has 0 saturated carbocycles. The molecule has 1 aromatic carbocycles. The quantitative estimate of drug-likeness (QED) is 0.837. The van der Waals surface area contributed by atoms with Crippen molar-refractivity contribution in [1.29, 1.82) is 0 Å². The van der Waals surface area contributed by atoms with Crippen molar-refractivity contribution in [3.63, 3.8) is 0 Å². The average Bonchev–Trinajstić information content (AvgIpc) is 2.60. The zero-order valence-electron chi connectivity index (χ0n) is 9.94. The molecule has 0 radical (unpaired) electrons. The lowest BCUT2D eigenvalue weighted by Gasteiger charge is -2.07. The number of hydrogen-bond acceptors (Lipinski definition) is 2. The van der Waals surface area contributed by atoms with Crippen LogP contribution in [0.5, 0.6) is 0 Å². The van der Waals surface area contributed by atoms with Gasteiger partial charge in [0.2, 0.25) is 0 Å². The van der Waals surface area contributed by atoms with Crippen LogP contribution in [0.1, 0.15) is 30.9 Å². The lowest BCUT2D eigenvalue weighted by atomic mass is 10.1. The fourth-order valence-electron chi connectivity index (χ4n) is 1.78. The Bertz CT molecular complexity index is 498. The maximum Gasteiger partial charge on any atom is 0.130 e. The van der Waals surface area contributed by atoms with Crippen molar-refractivity contribution >= 4 is 5.82 Å². The van der Waals surface area contributed by atoms with Gasteiger partial charge in [0.25, 0.3) is 0 Å². The number of nitrogens with two attached hydrogens (primary N) is 1. The van der Waals surface area contributed by atoms with Crippen molar-refractivity contribution in [1.82, 2.24) is 9.78 Å². The monoisotopic (exact) mass is 215 g/mol. The van der Waals surface area contributed by atoms with Crippen LogP contribution in [0.4, 0.5) is 5.82 Å². The molecule has 0 bridgehead atoms. The highest BCUT2D eigenvalue weighted by Gasteiger charge is 2.11. The lowest BCUT2D eigenvalue weighted by Crippen LogP contribution is -2.03. The number of rotatable bonds is 2. The maximum absolute atomic E-state index is 6.09. The van der Waals surface area contributed by atoms with Gasteiger partial charge in [0.15, 0.2) is 0 Å². The van der Waals surface area contributed by atoms with E-state index in [-0.39, 0.29) is 0 Å². The first-order valence-corrected chi connectivity index (χ1v) is 5.50. The molecule has 0 aliphatic heterocycles. The molecule has 3 nitrogen and oxygen atoms in total. The van der Waals surface area contributed by atoms with Crippen LogP contribution >= 0.6 is 0 Å². The molecule has 0 atom stereocenters. The third-order valence-corrected chi connectivity index (χ3v) is 2.70. The highest BCUT2D eigenvalue weighted by atomic mass is 15.3. The number of benzene rings is 1. The molecular formula is C13H17N3. The summed E-state index contributed by atoms with van der Waals surface area (Å²) >= 11 is 0. The Kier molecular flexibility index (Phi) is 2.69. The molecule has 0 aliphatic carbocycles. The van der Waals surface area contributed by atoms with E-state index in [0.717, 1.165) is 17.1 Å². The lowest BCUT2D eigenvalue weighted by molar-refractivity contribution is 0.867. The molecule has 2 aromatic rings. The Morgan fingerprint density at radius 2 is 2.06 bits per heavy atom. The largest absolute Gasteiger partial charge is 0.383 e. The van der Waals surface area contributed by atoms with E-state index >= 15 is 0 Å². The van der Waals surface area contributed by atoms with Crippen LogP contribution in [0.3, 0.4) is 0 Å². The molecule has 84 valence electrons. The Labute approximate surface area is 95.9 Å². The number of aromatic nitrogens is 2. The van der Waals surface area contributed by atoms with Gasteiger partial charge < -0.3 is 5.73 Å². The number of hydrogen-bond donors (Lipinski definition) is 1. The van der Waals surface area contributed by atoms with Crippen LogP contribution in [0.2, 0.25) is 0 Å². The zero-order chi connectivity index (χ0) is 11.7. The molecule has 2 rings (SSSR count). The fourth-order valence-corrected chi connectivity index (χ4v) is 1.78. The van der Waals surface area contributed by atoms with Crippen LogP contribution in [0.25, 0.3) is 5.69 Å². The van der Waals surface area contributed by atoms with E-state index in [1.54, 1.807) is 4.68 Å². The summed E-state index contributed by atoms with van der Waals surface area (Å²) in [6.45, 7) is 6.30. The smallest absolute Gasteiger partial charge is 0.130 e. The average molecular weight is 215 g/mol. The molecule has 0 aliphatic rings. The van der Waals surface area contributed by atoms with Gasteiger partial charge >= 0.3 is 0 Å². The van der Waals surface area contributed by atoms with Crippen molar-refractivity contribution < 1.29 is 0 Å². The van der Waals surface area contributed by atoms with Gasteiger partial charge in [0.1, 0.15) is 5.82 Å². The van der Waals surface area contributed by atoms with Crippen LogP contribution in [0, 0.1) is 6.92 Å². The van der Waals surface area contributed by atoms with Crippen LogP contribution < -0.4 is 5.73 Å². The standard InChI is InChI=1S/C13H17N3/c1-9(2)12-8-15-16(13(12)14)11-6-4-5-10(3)7-11/h4-9H,14H2,1-3H3. The topological polar surface area (TPSA) is 43.8 Å². The molecule has 0 fully saturated rings. The molecule has 1 heterocycles. The van der Waals surface area contributed by atoms with E-state index in [1.807, 2.05) is 18.3 Å². The van der Waals surface area contributed by atoms with E-state index in [2.05, 4.69) is 38.0 Å². The number of nitrogens with zero attached hydrogens (tertiary/aromatic N) is 2. The SMILES string of the molecule is Cc1cccc(-n2ncc(C(C)C)c2N)c1. The molecule has 2 N–H and O–H groups in total. The second-order valence-corrected chi connectivity index (χ2v) is 4.39. The minimum atomic E-state index is 0.401. The van der Waals surface area contributed by atoms with Crippen LogP contribution in [0.15, 0.2) is 30.5 Å². The Morgan fingerprint density at radius 3 is 2.62 bits per heavy atom. The summed E-state index contributed by atoms with van der Waals surface area (Å²) in [6, 6.07) is 8.17. The fraction of sp³-hybridized carbons (Fsp3) is 0.308. The van der Waals surface area contributed by atoms with Crippen molar-refractivity contribution in [2.75, 3.05) is 5.73 Å². The first-order valence-electron chi connectivity index (χ1n) is 5.50. The summed E-state index contributed by atoms with van der Waals surface area (Å²) in [5, 5.41) is 4.34. The second kappa shape index (κ2) is 4.00. The summed E-state index contributed by atoms with van der Waals surface area (Å²) < 4.78 is 1.79. The van der Waals surface area contributed by atoms with Gasteiger partial charge in [0, 0.05) is 5.56 Å². The van der Waals surface area contributed by atoms with Crippen molar-refractivity contribution in [3.8, 4) is 5.69 Å². The Hall–Kier alpha value is -1.77. The van der Waals surface area contributed by atoms with Crippen LogP contribution in [-0.2, 0) is 0 Å². The van der Waals surface area contributed by atoms with Gasteiger partial charge in [-0.1, -0.05) is 26.0 Å². The van der Waals surface area contributed by atoms with Gasteiger partial charge in [-0.05, 0) is 30.5 Å². The van der Waals surface area contributed by atoms with Gasteiger partial charge in [-0.2, -0.15) is 5.10 Å². The first-order chi connectivity index (χ1) is 7.59. The highest BCUT2D eigenvalue weighted by Crippen LogP contribution is 2.23. The van der Waals surface area contributed by atoms with Crippen molar-refractivity contribution in [2.45, 2.75) is 26.7 Å². The summed E-state index contributed by atoms with van der Waals surface area (Å²) in [7, 11) is 0. The van der Waals surface area contributed by atoms with E-state index in [9.17, 15) is 0 Å². The van der Waals surface area contributed by atoms with Gasteiger partial charge in [0.05, 0.1) is 11.9 Å². The Balaban J connectivity index is 2.49. The third-order valence-electron chi connectivity index (χ3n) is 2.70. The van der Waals surface area contributed by atoms with Gasteiger partial charge in [-0.25, -0.2) is 4.68 Å². The van der Waals surface area contributed by atoms with Crippen LogP contribution in [-0.4, -0.2) is 9.78 Å². The van der Waals surface area contributed by atoms with E-state index < -0.39 is 0 Å². The molecule has 0 unspecified atom stereocenters. The normalized spacial score (nSPS) is 11.0. The number of aryl methyl sites for hydroxylation is 1. The summed E-state index contributed by atoms with van der Waals surface area (Å²) in [5.74, 6) is 1.14. The predicted molar refractivity (Wildman–Crippen MR) is 66.8 cm³/mol. The number of nitrogen functional groups attached to an aromatic ring is 1. The third kappa shape index (κ3) is 1.81. The number of anilines is 1. The molecule has 16 heavy (non-hydrogen) atoms. The molecular weight excluding hydrogens is 198 g/mol. The van der Waals surface area contributed by atoms with Crippen molar-refractivity contribution in [3.05, 3.63) is 41.6 Å². The Morgan fingerprint density at radius 1 is 1.31 bits per heavy atom. The minimum Gasteiger partial charge on any atom is -0.383 e. The van der Waals surface area contributed by atoms with E-state index in [1.165, 1.54) is 5.56 Å². The van der Waals surface area contributed by atoms with Crippen molar-refractivity contribution in [2.24, 2.45) is 0 Å². The van der Waals surface area contributed by atoms with E-state index in [4.69, 9.17) is 5.73 Å². The van der Waals surface area contributed by atoms with Gasteiger partial charge in [-0.15, -0.1) is 0 Å². The van der Waals surface area contributed by atoms with Gasteiger partial charge in [-0.3, -0.25) is 0 Å². The molecule has 3 heteroatoms. The maximum atomic E-state index is 6.09. The second-order valence-electron chi connectivity index (χ2n) is 4.39. The van der Waals surface area contributed by atoms with E-state index in [0.29, 0.717) is 5.92 Å². The molecule has 0 saturated heterocycles. The first kappa shape index (κ1) is 10.7. The summed E-state index contributed by atoms with van der Waals surface area (Å²) in [6.07, 6.45) is 1.85. The summed E-state index contributed by atoms with van der Waals surface area (Å²) in [5.41, 5.74) is 9.41. The predicted octanol–water partition coefficient (Wildman–Crippen LogP) is 2.89. The summed E-state index contributed by atoms with van der Waals surface area (Å²) in [4.78, 5) is 0.